The molecule has 0 saturated heterocycles. The summed E-state index contributed by atoms with van der Waals surface area (Å²) in [5.74, 6) is 0.302. The van der Waals surface area contributed by atoms with E-state index in [0.29, 0.717) is 11.3 Å². The number of aryl methyl sites for hydroxylation is 1. The SMILES string of the molecule is Cc1cc(Br)cc(CO)c1OCC(=O)Nc1ccccc1. The number of aliphatic hydroxyl groups excluding tert-OH is 1. The van der Waals surface area contributed by atoms with Gasteiger partial charge in [-0.2, -0.15) is 0 Å². The normalized spacial score (nSPS) is 10.2. The van der Waals surface area contributed by atoms with Crippen LogP contribution in [0.4, 0.5) is 5.69 Å². The van der Waals surface area contributed by atoms with E-state index in [9.17, 15) is 9.90 Å². The molecule has 0 aliphatic heterocycles. The van der Waals surface area contributed by atoms with Gasteiger partial charge >= 0.3 is 0 Å². The van der Waals surface area contributed by atoms with Crippen molar-refractivity contribution in [1.82, 2.24) is 0 Å². The van der Waals surface area contributed by atoms with Gasteiger partial charge in [-0.25, -0.2) is 0 Å². The van der Waals surface area contributed by atoms with Crippen LogP contribution in [0.15, 0.2) is 46.9 Å². The molecule has 0 bridgehead atoms. The van der Waals surface area contributed by atoms with Crippen LogP contribution in [0.5, 0.6) is 5.75 Å². The van der Waals surface area contributed by atoms with Gasteiger partial charge in [0, 0.05) is 15.7 Å². The Bertz CT molecular complexity index is 629. The van der Waals surface area contributed by atoms with Crippen molar-refractivity contribution in [3.63, 3.8) is 0 Å². The molecule has 0 unspecified atom stereocenters. The van der Waals surface area contributed by atoms with E-state index in [0.717, 1.165) is 15.7 Å². The second-order valence-electron chi connectivity index (χ2n) is 4.57. The monoisotopic (exact) mass is 349 g/mol. The Morgan fingerprint density at radius 3 is 2.67 bits per heavy atom. The van der Waals surface area contributed by atoms with Gasteiger partial charge in [-0.15, -0.1) is 0 Å². The lowest BCUT2D eigenvalue weighted by molar-refractivity contribution is -0.118. The third-order valence-corrected chi connectivity index (χ3v) is 3.35. The Morgan fingerprint density at radius 2 is 2.00 bits per heavy atom. The zero-order valence-corrected chi connectivity index (χ0v) is 13.2. The standard InChI is InChI=1S/C16H16BrNO3/c1-11-7-13(17)8-12(9-19)16(11)21-10-15(20)18-14-5-3-2-4-6-14/h2-8,19H,9-10H2,1H3,(H,18,20). The molecule has 0 aliphatic rings. The molecule has 0 radical (unpaired) electrons. The van der Waals surface area contributed by atoms with Gasteiger partial charge in [0.2, 0.25) is 0 Å². The molecule has 0 saturated carbocycles. The number of hydrogen-bond donors (Lipinski definition) is 2. The molecule has 5 heteroatoms. The summed E-state index contributed by atoms with van der Waals surface area (Å²) in [5.41, 5.74) is 2.23. The molecule has 0 spiro atoms. The Balaban J connectivity index is 2.01. The van der Waals surface area contributed by atoms with Gasteiger partial charge in [0.15, 0.2) is 6.61 Å². The van der Waals surface area contributed by atoms with Crippen molar-refractivity contribution >= 4 is 27.5 Å². The van der Waals surface area contributed by atoms with Crippen molar-refractivity contribution in [2.75, 3.05) is 11.9 Å². The van der Waals surface area contributed by atoms with Crippen LogP contribution in [0.3, 0.4) is 0 Å². The summed E-state index contributed by atoms with van der Waals surface area (Å²) in [5, 5.41) is 12.1. The highest BCUT2D eigenvalue weighted by Gasteiger charge is 2.11. The summed E-state index contributed by atoms with van der Waals surface area (Å²) in [6, 6.07) is 12.8. The van der Waals surface area contributed by atoms with Gasteiger partial charge in [0.25, 0.3) is 5.91 Å². The fourth-order valence-corrected chi connectivity index (χ4v) is 2.60. The average molecular weight is 350 g/mol. The van der Waals surface area contributed by atoms with E-state index < -0.39 is 0 Å². The van der Waals surface area contributed by atoms with Crippen LogP contribution >= 0.6 is 15.9 Å². The first-order valence-corrected chi connectivity index (χ1v) is 7.27. The lowest BCUT2D eigenvalue weighted by Gasteiger charge is -2.13. The fourth-order valence-electron chi connectivity index (χ4n) is 1.98. The maximum absolute atomic E-state index is 11.9. The topological polar surface area (TPSA) is 58.6 Å². The van der Waals surface area contributed by atoms with E-state index in [2.05, 4.69) is 21.2 Å². The maximum atomic E-state index is 11.9. The molecule has 2 N–H and O–H groups in total. The number of halogens is 1. The minimum Gasteiger partial charge on any atom is -0.483 e. The highest BCUT2D eigenvalue weighted by molar-refractivity contribution is 9.10. The number of carbonyl (C=O) groups excluding carboxylic acids is 1. The second-order valence-corrected chi connectivity index (χ2v) is 5.49. The smallest absolute Gasteiger partial charge is 0.262 e. The number of rotatable bonds is 5. The van der Waals surface area contributed by atoms with E-state index in [-0.39, 0.29) is 19.1 Å². The third kappa shape index (κ3) is 4.31. The largest absolute Gasteiger partial charge is 0.483 e. The Morgan fingerprint density at radius 1 is 1.29 bits per heavy atom. The summed E-state index contributed by atoms with van der Waals surface area (Å²) in [7, 11) is 0. The average Bonchev–Trinajstić information content (AvgIpc) is 2.46. The Labute approximate surface area is 131 Å². The fraction of sp³-hybridized carbons (Fsp3) is 0.188. The first-order valence-electron chi connectivity index (χ1n) is 6.47. The number of nitrogens with one attached hydrogen (secondary N) is 1. The summed E-state index contributed by atoms with van der Waals surface area (Å²) in [6.45, 7) is 1.62. The van der Waals surface area contributed by atoms with Gasteiger partial charge in [-0.3, -0.25) is 4.79 Å². The van der Waals surface area contributed by atoms with Crippen molar-refractivity contribution in [3.05, 3.63) is 58.1 Å². The number of para-hydroxylation sites is 1. The molecular formula is C16H16BrNO3. The minimum atomic E-state index is -0.243. The van der Waals surface area contributed by atoms with E-state index in [1.54, 1.807) is 6.07 Å². The van der Waals surface area contributed by atoms with E-state index in [4.69, 9.17) is 4.74 Å². The number of amides is 1. The van der Waals surface area contributed by atoms with Crippen LogP contribution in [0.1, 0.15) is 11.1 Å². The van der Waals surface area contributed by atoms with Crippen molar-refractivity contribution in [3.8, 4) is 5.75 Å². The Hall–Kier alpha value is -1.85. The summed E-state index contributed by atoms with van der Waals surface area (Å²) < 4.78 is 6.42. The van der Waals surface area contributed by atoms with Crippen LogP contribution < -0.4 is 10.1 Å². The molecule has 4 nitrogen and oxygen atoms in total. The molecule has 0 aromatic heterocycles. The number of hydrogen-bond acceptors (Lipinski definition) is 3. The van der Waals surface area contributed by atoms with Crippen LogP contribution in [0.2, 0.25) is 0 Å². The summed E-state index contributed by atoms with van der Waals surface area (Å²) >= 11 is 3.37. The molecular weight excluding hydrogens is 334 g/mol. The first-order chi connectivity index (χ1) is 10.1. The number of anilines is 1. The maximum Gasteiger partial charge on any atom is 0.262 e. The molecule has 0 fully saturated rings. The summed E-state index contributed by atoms with van der Waals surface area (Å²) in [6.07, 6.45) is 0. The van der Waals surface area contributed by atoms with Crippen molar-refractivity contribution in [1.29, 1.82) is 0 Å². The predicted molar refractivity (Wildman–Crippen MR) is 85.4 cm³/mol. The lowest BCUT2D eigenvalue weighted by atomic mass is 10.1. The van der Waals surface area contributed by atoms with Crippen LogP contribution in [-0.2, 0) is 11.4 Å². The van der Waals surface area contributed by atoms with Crippen LogP contribution in [-0.4, -0.2) is 17.6 Å². The van der Waals surface area contributed by atoms with Gasteiger partial charge in [-0.05, 0) is 36.8 Å². The molecule has 0 aliphatic carbocycles. The van der Waals surface area contributed by atoms with E-state index in [1.165, 1.54) is 0 Å². The van der Waals surface area contributed by atoms with Crippen LogP contribution in [0.25, 0.3) is 0 Å². The molecule has 0 heterocycles. The van der Waals surface area contributed by atoms with Gasteiger partial charge in [0.1, 0.15) is 5.75 Å². The molecule has 1 amide bonds. The van der Waals surface area contributed by atoms with Crippen molar-refractivity contribution in [2.24, 2.45) is 0 Å². The van der Waals surface area contributed by atoms with Crippen molar-refractivity contribution in [2.45, 2.75) is 13.5 Å². The minimum absolute atomic E-state index is 0.107. The van der Waals surface area contributed by atoms with E-state index >= 15 is 0 Å². The zero-order valence-electron chi connectivity index (χ0n) is 11.6. The predicted octanol–water partition coefficient (Wildman–Crippen LogP) is 3.27. The molecule has 0 atom stereocenters. The first kappa shape index (κ1) is 15.5. The van der Waals surface area contributed by atoms with Crippen molar-refractivity contribution < 1.29 is 14.6 Å². The Kier molecular flexibility index (Phi) is 5.36. The number of ether oxygens (including phenoxy) is 1. The quantitative estimate of drug-likeness (QED) is 0.870. The summed E-state index contributed by atoms with van der Waals surface area (Å²) in [4.78, 5) is 11.9. The molecule has 2 aromatic rings. The molecule has 110 valence electrons. The number of aliphatic hydroxyl groups is 1. The lowest BCUT2D eigenvalue weighted by Crippen LogP contribution is -2.20. The number of benzene rings is 2. The third-order valence-electron chi connectivity index (χ3n) is 2.89. The van der Waals surface area contributed by atoms with Gasteiger partial charge < -0.3 is 15.2 Å². The van der Waals surface area contributed by atoms with Crippen LogP contribution in [0, 0.1) is 6.92 Å². The highest BCUT2D eigenvalue weighted by Crippen LogP contribution is 2.28. The molecule has 21 heavy (non-hydrogen) atoms. The highest BCUT2D eigenvalue weighted by atomic mass is 79.9. The van der Waals surface area contributed by atoms with Gasteiger partial charge in [-0.1, -0.05) is 34.1 Å². The van der Waals surface area contributed by atoms with Gasteiger partial charge in [0.05, 0.1) is 6.61 Å². The zero-order chi connectivity index (χ0) is 15.2. The van der Waals surface area contributed by atoms with E-state index in [1.807, 2.05) is 43.3 Å². The second kappa shape index (κ2) is 7.24. The molecule has 2 rings (SSSR count). The number of carbonyl (C=O) groups is 1. The molecule has 2 aromatic carbocycles.